The molecule has 0 spiro atoms. The smallest absolute Gasteiger partial charge is 0.0621 e. The summed E-state index contributed by atoms with van der Waals surface area (Å²) in [5.41, 5.74) is 24.7. The number of nitrogens with zero attached hydrogens (tertiary/aromatic N) is 4. The van der Waals surface area contributed by atoms with Crippen LogP contribution < -0.4 is 0 Å². The Morgan fingerprint density at radius 1 is 0.233 bits per heavy atom. The quantitative estimate of drug-likeness (QED) is 0.167. The lowest BCUT2D eigenvalue weighted by molar-refractivity contribution is 0.591. The molecule has 17 aromatic rings. The maximum Gasteiger partial charge on any atom is 0.0621 e. The van der Waals surface area contributed by atoms with Crippen molar-refractivity contribution in [1.29, 1.82) is 0 Å². The summed E-state index contributed by atoms with van der Waals surface area (Å²) in [4.78, 5) is 0. The molecule has 0 amide bonds. The molecule has 4 heteroatoms. The molecule has 0 radical (unpaired) electrons. The molecule has 86 heavy (non-hydrogen) atoms. The topological polar surface area (TPSA) is 18.7 Å². The number of aromatic nitrogens is 4. The molecule has 418 valence electrons. The third-order valence-electron chi connectivity index (χ3n) is 19.6. The third-order valence-corrected chi connectivity index (χ3v) is 19.6. The van der Waals surface area contributed by atoms with Gasteiger partial charge in [-0.15, -0.1) is 0 Å². The summed E-state index contributed by atoms with van der Waals surface area (Å²) in [7, 11) is 0. The summed E-state index contributed by atoms with van der Waals surface area (Å²) in [5, 5.41) is 15.6. The molecule has 0 atom stereocenters. The molecule has 6 aromatic heterocycles. The zero-order valence-corrected chi connectivity index (χ0v) is 51.4. The molecule has 0 bridgehead atoms. The van der Waals surface area contributed by atoms with Crippen LogP contribution in [0.5, 0.6) is 0 Å². The van der Waals surface area contributed by atoms with Gasteiger partial charge in [0.1, 0.15) is 0 Å². The molecule has 11 aromatic carbocycles. The fraction of sp³-hybridized carbons (Fsp3) is 0.195. The molecule has 0 aliphatic carbocycles. The van der Waals surface area contributed by atoms with E-state index in [1.165, 1.54) is 176 Å². The van der Waals surface area contributed by atoms with E-state index in [2.05, 4.69) is 307 Å². The van der Waals surface area contributed by atoms with Crippen molar-refractivity contribution in [1.82, 2.24) is 17.9 Å². The van der Waals surface area contributed by atoms with Crippen LogP contribution in [-0.2, 0) is 21.7 Å². The summed E-state index contributed by atoms with van der Waals surface area (Å²) in [5.74, 6) is 0. The first-order valence-electron chi connectivity index (χ1n) is 30.9. The van der Waals surface area contributed by atoms with E-state index in [1.807, 2.05) is 0 Å². The highest BCUT2D eigenvalue weighted by Crippen LogP contribution is 2.53. The molecular formula is C82H70N4. The number of fused-ring (bicyclic) bond motifs is 19. The van der Waals surface area contributed by atoms with Gasteiger partial charge in [0.2, 0.25) is 0 Å². The van der Waals surface area contributed by atoms with Crippen molar-refractivity contribution in [2.75, 3.05) is 0 Å². The second kappa shape index (κ2) is 17.2. The molecule has 0 aliphatic rings. The zero-order chi connectivity index (χ0) is 58.8. The summed E-state index contributed by atoms with van der Waals surface area (Å²) in [6.45, 7) is 28.5. The molecule has 0 saturated heterocycles. The Hall–Kier alpha value is -9.38. The van der Waals surface area contributed by atoms with Gasteiger partial charge >= 0.3 is 0 Å². The minimum absolute atomic E-state index is 0.100. The van der Waals surface area contributed by atoms with Gasteiger partial charge < -0.3 is 17.9 Å². The van der Waals surface area contributed by atoms with Crippen molar-refractivity contribution < 1.29 is 0 Å². The van der Waals surface area contributed by atoms with Crippen LogP contribution in [0.15, 0.2) is 206 Å². The molecule has 0 saturated carbocycles. The summed E-state index contributed by atoms with van der Waals surface area (Å²) < 4.78 is 10.2. The first-order chi connectivity index (χ1) is 41.2. The molecule has 4 nitrogen and oxygen atoms in total. The van der Waals surface area contributed by atoms with E-state index in [4.69, 9.17) is 0 Å². The van der Waals surface area contributed by atoms with E-state index in [0.29, 0.717) is 0 Å². The second-order valence-corrected chi connectivity index (χ2v) is 29.0. The van der Waals surface area contributed by atoms with E-state index in [-0.39, 0.29) is 21.7 Å². The van der Waals surface area contributed by atoms with Crippen molar-refractivity contribution in [2.45, 2.75) is 105 Å². The average molecular weight is 1110 g/mol. The molecular weight excluding hydrogens is 1040 g/mol. The van der Waals surface area contributed by atoms with Crippen LogP contribution in [-0.4, -0.2) is 17.9 Å². The molecule has 0 fully saturated rings. The molecule has 0 N–H and O–H groups in total. The van der Waals surface area contributed by atoms with Crippen LogP contribution in [0.4, 0.5) is 0 Å². The summed E-state index contributed by atoms with van der Waals surface area (Å²) in [6.07, 6.45) is 0. The molecule has 0 unspecified atom stereocenters. The van der Waals surface area contributed by atoms with Crippen molar-refractivity contribution in [3.8, 4) is 33.6 Å². The van der Waals surface area contributed by atoms with Gasteiger partial charge in [0, 0.05) is 87.1 Å². The third kappa shape index (κ3) is 7.04. The van der Waals surface area contributed by atoms with Crippen LogP contribution in [0.1, 0.15) is 105 Å². The fourth-order valence-electron chi connectivity index (χ4n) is 15.1. The zero-order valence-electron chi connectivity index (χ0n) is 51.4. The fourth-order valence-corrected chi connectivity index (χ4v) is 15.1. The maximum atomic E-state index is 2.68. The lowest BCUT2D eigenvalue weighted by Crippen LogP contribution is -2.11. The minimum atomic E-state index is -0.114. The number of hydrogen-bond acceptors (Lipinski definition) is 0. The first-order valence-corrected chi connectivity index (χ1v) is 30.9. The van der Waals surface area contributed by atoms with Gasteiger partial charge in [-0.25, -0.2) is 0 Å². The lowest BCUT2D eigenvalue weighted by Gasteiger charge is -2.22. The Kier molecular flexibility index (Phi) is 10.2. The predicted molar refractivity (Wildman–Crippen MR) is 370 cm³/mol. The SMILES string of the molecule is CC(C)(C)c1cc(-c2ccc3c(c2)c2ccccc2n3-c2ccccc2)c2c(c1)c1cc(C(C)(C)C)cc3c4c5c6cc(C(C)(C)C)cc7c8cc(C(C)(C)C)cc(-c9ccc%10c(c9)c9ccccc9n%10-c9ccccc9)c8n(c5ccc4n2c13)c76. The van der Waals surface area contributed by atoms with Gasteiger partial charge in [-0.2, -0.15) is 0 Å². The lowest BCUT2D eigenvalue weighted by atomic mass is 9.82. The van der Waals surface area contributed by atoms with Gasteiger partial charge in [-0.3, -0.25) is 0 Å². The van der Waals surface area contributed by atoms with E-state index in [0.717, 1.165) is 0 Å². The van der Waals surface area contributed by atoms with Crippen molar-refractivity contribution in [3.05, 3.63) is 229 Å². The Labute approximate surface area is 501 Å². The minimum Gasteiger partial charge on any atom is -0.309 e. The number of hydrogen-bond donors (Lipinski definition) is 0. The van der Waals surface area contributed by atoms with Gasteiger partial charge in [0.15, 0.2) is 0 Å². The van der Waals surface area contributed by atoms with Crippen LogP contribution in [0.2, 0.25) is 0 Å². The van der Waals surface area contributed by atoms with Crippen molar-refractivity contribution in [2.24, 2.45) is 0 Å². The van der Waals surface area contributed by atoms with E-state index in [9.17, 15) is 0 Å². The first kappa shape index (κ1) is 51.1. The van der Waals surface area contributed by atoms with Crippen LogP contribution in [0, 0.1) is 0 Å². The van der Waals surface area contributed by atoms with Crippen molar-refractivity contribution in [3.63, 3.8) is 0 Å². The molecule has 17 rings (SSSR count). The maximum absolute atomic E-state index is 2.68. The van der Waals surface area contributed by atoms with Gasteiger partial charge in [0.25, 0.3) is 0 Å². The van der Waals surface area contributed by atoms with Gasteiger partial charge in [-0.1, -0.05) is 168 Å². The Bertz CT molecular complexity index is 5350. The largest absolute Gasteiger partial charge is 0.309 e. The van der Waals surface area contributed by atoms with Crippen molar-refractivity contribution >= 4 is 120 Å². The number of para-hydroxylation sites is 4. The van der Waals surface area contributed by atoms with Gasteiger partial charge in [0.05, 0.1) is 55.2 Å². The standard InChI is InChI=1S/C82H70N4/c1-79(2,3)49-39-57(47-31-33-69-59(37-47)55-27-19-21-29-67(55)83(69)53-23-15-13-16-24-53)75-61(41-49)63-43-51(81(7,8)9)45-65-73-71(85(75)77(63)65)35-36-72-74(73)66-46-52(82(10,11)12)44-64-62-42-50(80(4,5)6)40-58(76(62)86(72)78(64)66)48-32-34-70-60(38-48)56-28-20-22-30-68(56)84(70)54-25-17-14-18-26-54/h13-46H,1-12H3. The monoisotopic (exact) mass is 1110 g/mol. The number of rotatable bonds is 4. The molecule has 0 aliphatic heterocycles. The van der Waals surface area contributed by atoms with Crippen LogP contribution in [0.25, 0.3) is 153 Å². The normalized spacial score (nSPS) is 13.3. The van der Waals surface area contributed by atoms with E-state index >= 15 is 0 Å². The highest BCUT2D eigenvalue weighted by atomic mass is 15.0. The summed E-state index contributed by atoms with van der Waals surface area (Å²) in [6, 6.07) is 79.3. The van der Waals surface area contributed by atoms with E-state index in [1.54, 1.807) is 0 Å². The number of benzene rings is 11. The Balaban J connectivity index is 1.02. The van der Waals surface area contributed by atoms with Crippen LogP contribution >= 0.6 is 0 Å². The highest BCUT2D eigenvalue weighted by Gasteiger charge is 2.32. The molecule has 6 heterocycles. The Morgan fingerprint density at radius 2 is 0.535 bits per heavy atom. The summed E-state index contributed by atoms with van der Waals surface area (Å²) >= 11 is 0. The highest BCUT2D eigenvalue weighted by molar-refractivity contribution is 6.37. The average Bonchev–Trinajstić information content (AvgIpc) is 1.51. The van der Waals surface area contributed by atoms with E-state index < -0.39 is 0 Å². The Morgan fingerprint density at radius 3 is 0.907 bits per heavy atom. The predicted octanol–water partition coefficient (Wildman–Crippen LogP) is 22.7. The van der Waals surface area contributed by atoms with Gasteiger partial charge in [-0.05, 0) is 176 Å². The van der Waals surface area contributed by atoms with Crippen LogP contribution in [0.3, 0.4) is 0 Å². The second-order valence-electron chi connectivity index (χ2n) is 29.0.